The van der Waals surface area contributed by atoms with E-state index in [1.807, 2.05) is 124 Å². The number of furan rings is 1. The summed E-state index contributed by atoms with van der Waals surface area (Å²) < 4.78 is 24.4. The number of hydrogen-bond acceptors (Lipinski definition) is 15. The second-order valence-electron chi connectivity index (χ2n) is 33.7. The Hall–Kier alpha value is -11.7. The molecule has 674 valence electrons. The fourth-order valence-corrected chi connectivity index (χ4v) is 17.7. The van der Waals surface area contributed by atoms with E-state index in [0.29, 0.717) is 125 Å². The van der Waals surface area contributed by atoms with Crippen LogP contribution in [0.25, 0.3) is 28.7 Å². The van der Waals surface area contributed by atoms with Crippen LogP contribution in [0.3, 0.4) is 0 Å². The van der Waals surface area contributed by atoms with Gasteiger partial charge in [0.2, 0.25) is 23.6 Å². The molecular formula is C105H120Cl2FN13O8. The van der Waals surface area contributed by atoms with Crippen LogP contribution >= 0.6 is 23.2 Å². The number of halogens is 3. The third-order valence-electron chi connectivity index (χ3n) is 24.6. The number of hydrogen-bond donors (Lipinski definition) is 9. The minimum absolute atomic E-state index is 0.0367. The number of carbonyl (C=O) groups is 6. The molecule has 0 spiro atoms. The molecule has 24 heteroatoms. The SMILES string of the molecule is NCCC[C@@H]1N[C@H](CNC(=O)c2cc(-c3ccc(Cl)cc3)on2)CCN(CC(c2ccccc2)c2ccccc2)C1=O.NCCC[C@@H]1N[C@H](CNC(=O)c2ccc(-c3ccc(Cl)cc3)o2)CCN(CC(c2ccccc2)c2ccccc2)C1=O.O=C(/C=C/c1ccc(F)cc1)NC[C@@H]1CCN(CC(c2ccccc2)c2ccccc2)C(=O)[C@H](CCCNC2CCCCC2)N1. The first-order chi connectivity index (χ1) is 63.1. The second kappa shape index (κ2) is 49.7. The molecule has 1 saturated carbocycles. The summed E-state index contributed by atoms with van der Waals surface area (Å²) in [6, 6.07) is 86.9. The molecule has 2 aromatic heterocycles. The van der Waals surface area contributed by atoms with E-state index in [2.05, 4.69) is 139 Å². The van der Waals surface area contributed by atoms with Gasteiger partial charge in [0, 0.05) is 134 Å². The van der Waals surface area contributed by atoms with Crippen molar-refractivity contribution < 1.29 is 42.1 Å². The van der Waals surface area contributed by atoms with E-state index in [9.17, 15) is 33.2 Å². The van der Waals surface area contributed by atoms with Crippen LogP contribution in [0.2, 0.25) is 10.0 Å². The summed E-state index contributed by atoms with van der Waals surface area (Å²) in [4.78, 5) is 86.3. The Kier molecular flexibility index (Phi) is 36.6. The van der Waals surface area contributed by atoms with E-state index in [1.165, 1.54) is 83.7 Å². The van der Waals surface area contributed by atoms with Gasteiger partial charge in [0.15, 0.2) is 17.2 Å². The maximum atomic E-state index is 14.1. The van der Waals surface area contributed by atoms with E-state index in [0.717, 1.165) is 55.3 Å². The lowest BCUT2D eigenvalue weighted by molar-refractivity contribution is -0.133. The molecule has 5 heterocycles. The van der Waals surface area contributed by atoms with Crippen molar-refractivity contribution in [2.45, 2.75) is 150 Å². The van der Waals surface area contributed by atoms with Gasteiger partial charge in [0.1, 0.15) is 11.6 Å². The van der Waals surface area contributed by atoms with E-state index < -0.39 is 0 Å². The van der Waals surface area contributed by atoms with Crippen molar-refractivity contribution in [1.29, 1.82) is 0 Å². The van der Waals surface area contributed by atoms with Crippen molar-refractivity contribution in [3.05, 3.63) is 345 Å². The van der Waals surface area contributed by atoms with E-state index >= 15 is 0 Å². The number of aromatic nitrogens is 1. The highest BCUT2D eigenvalue weighted by Gasteiger charge is 2.37. The molecule has 0 bridgehead atoms. The lowest BCUT2D eigenvalue weighted by Gasteiger charge is -2.29. The minimum atomic E-state index is -0.381. The molecule has 3 aliphatic heterocycles. The van der Waals surface area contributed by atoms with Gasteiger partial charge in [-0.1, -0.05) is 242 Å². The predicted octanol–water partition coefficient (Wildman–Crippen LogP) is 16.4. The van der Waals surface area contributed by atoms with Crippen molar-refractivity contribution >= 4 is 64.7 Å². The average molecular weight is 1780 g/mol. The molecule has 4 fully saturated rings. The molecule has 9 aromatic carbocycles. The molecule has 4 aliphatic rings. The van der Waals surface area contributed by atoms with Crippen molar-refractivity contribution in [1.82, 2.24) is 57.1 Å². The Balaban J connectivity index is 0.000000165. The summed E-state index contributed by atoms with van der Waals surface area (Å²) in [5.41, 5.74) is 21.3. The van der Waals surface area contributed by atoms with Crippen molar-refractivity contribution in [2.75, 3.05) is 78.5 Å². The van der Waals surface area contributed by atoms with E-state index in [4.69, 9.17) is 43.6 Å². The molecule has 11 aromatic rings. The van der Waals surface area contributed by atoms with Crippen molar-refractivity contribution in [3.8, 4) is 22.6 Å². The van der Waals surface area contributed by atoms with Crippen LogP contribution in [0.5, 0.6) is 0 Å². The zero-order valence-electron chi connectivity index (χ0n) is 73.1. The Morgan fingerprint density at radius 3 is 1.23 bits per heavy atom. The molecule has 11 N–H and O–H groups in total. The number of nitrogens with one attached hydrogen (secondary N) is 7. The maximum absolute atomic E-state index is 14.1. The predicted molar refractivity (Wildman–Crippen MR) is 510 cm³/mol. The van der Waals surface area contributed by atoms with Crippen LogP contribution in [0, 0.1) is 5.82 Å². The fourth-order valence-electron chi connectivity index (χ4n) is 17.4. The normalized spacial score (nSPS) is 18.1. The number of benzene rings is 9. The first kappa shape index (κ1) is 94.9. The Labute approximate surface area is 767 Å². The number of nitrogens with two attached hydrogens (primary N) is 2. The summed E-state index contributed by atoms with van der Waals surface area (Å²) in [7, 11) is 0. The van der Waals surface area contributed by atoms with Crippen LogP contribution in [-0.4, -0.2) is 176 Å². The summed E-state index contributed by atoms with van der Waals surface area (Å²) >= 11 is 12.0. The van der Waals surface area contributed by atoms with Gasteiger partial charge >= 0.3 is 0 Å². The summed E-state index contributed by atoms with van der Waals surface area (Å²) in [6.07, 6.45) is 16.1. The molecule has 15 rings (SSSR count). The third kappa shape index (κ3) is 28.6. The van der Waals surface area contributed by atoms with Gasteiger partial charge in [0.05, 0.1) is 18.1 Å². The Morgan fingerprint density at radius 2 is 0.829 bits per heavy atom. The number of nitrogens with zero attached hydrogens (tertiary/aromatic N) is 4. The van der Waals surface area contributed by atoms with Gasteiger partial charge in [-0.3, -0.25) is 28.8 Å². The van der Waals surface area contributed by atoms with Crippen molar-refractivity contribution in [2.24, 2.45) is 11.5 Å². The topological polar surface area (TPSA) is 288 Å². The van der Waals surface area contributed by atoms with Crippen LogP contribution < -0.4 is 48.7 Å². The number of amides is 6. The Morgan fingerprint density at radius 1 is 0.450 bits per heavy atom. The molecule has 21 nitrogen and oxygen atoms in total. The van der Waals surface area contributed by atoms with Crippen LogP contribution in [0.1, 0.15) is 168 Å². The van der Waals surface area contributed by atoms with Crippen molar-refractivity contribution in [3.63, 3.8) is 0 Å². The summed E-state index contributed by atoms with van der Waals surface area (Å²) in [6.45, 7) is 6.59. The molecule has 3 saturated heterocycles. The smallest absolute Gasteiger partial charge is 0.287 e. The third-order valence-corrected chi connectivity index (χ3v) is 25.1. The van der Waals surface area contributed by atoms with Gasteiger partial charge in [0.25, 0.3) is 11.8 Å². The fraction of sp³-hybridized carbons (Fsp3) is 0.343. The van der Waals surface area contributed by atoms with Gasteiger partial charge in [-0.05, 0) is 208 Å². The van der Waals surface area contributed by atoms with E-state index in [-0.39, 0.29) is 107 Å². The van der Waals surface area contributed by atoms with Crippen LogP contribution in [-0.2, 0) is 19.2 Å². The highest BCUT2D eigenvalue weighted by molar-refractivity contribution is 6.31. The number of carbonyl (C=O) groups excluding carboxylic acids is 6. The summed E-state index contributed by atoms with van der Waals surface area (Å²) in [5, 5.41) is 28.6. The highest BCUT2D eigenvalue weighted by atomic mass is 35.5. The maximum Gasteiger partial charge on any atom is 0.287 e. The first-order valence-corrected chi connectivity index (χ1v) is 46.3. The largest absolute Gasteiger partial charge is 0.451 e. The lowest BCUT2D eigenvalue weighted by atomic mass is 9.90. The zero-order chi connectivity index (χ0) is 89.9. The molecule has 0 radical (unpaired) electrons. The lowest BCUT2D eigenvalue weighted by Crippen LogP contribution is -2.49. The first-order valence-electron chi connectivity index (χ1n) is 45.5. The van der Waals surface area contributed by atoms with Gasteiger partial charge < -0.3 is 72.3 Å². The number of rotatable bonds is 35. The quantitative estimate of drug-likeness (QED) is 0.0132. The standard InChI is InChI=1S/C38H47FN4O2.C34H37ClN4O3.C33H36ClN5O3/c39-32-21-18-29(19-22-32)20-23-37(44)41-27-34-24-26-43(28-35(30-11-4-1-5-12-30)31-13-6-2-7-14-31)38(45)36(42-34)17-10-25-40-33-15-8-3-9-16-33;35-27-15-13-26(14-16-27)31-17-18-32(42-31)33(40)37-22-28-19-21-39(34(41)30(38-28)12-7-20-36)23-29(24-8-3-1-4-9-24)25-10-5-2-6-11-25;34-26-15-13-25(14-16-26)31-20-30(38-42-31)32(40)36-21-27-17-19-39(33(41)29(37-27)12-7-18-35)22-28(23-8-3-1-4-9-23)24-10-5-2-6-11-24/h1-2,4-7,11-14,18-23,33-36,40,42H,3,8-10,15-17,24-28H2,(H,41,44);1-6,8-11,13-18,28-30,38H,7,12,19-23,36H2,(H,37,40);1-6,8-11,13-16,20,27-29,37H,7,12,17-19,21-22,35H2,(H,36,40)/b23-20+;;/t34-,36-;28-,30-;27-,29-/m000/s1. The molecular weight excluding hydrogens is 1660 g/mol. The summed E-state index contributed by atoms with van der Waals surface area (Å²) in [5.74, 6) is 0.612. The van der Waals surface area contributed by atoms with Crippen LogP contribution in [0.4, 0.5) is 4.39 Å². The monoisotopic (exact) mass is 1780 g/mol. The van der Waals surface area contributed by atoms with Gasteiger partial charge in [-0.15, -0.1) is 0 Å². The highest BCUT2D eigenvalue weighted by Crippen LogP contribution is 2.33. The molecule has 1 aliphatic carbocycles. The van der Waals surface area contributed by atoms with Crippen LogP contribution in [0.15, 0.2) is 288 Å². The second-order valence-corrected chi connectivity index (χ2v) is 34.6. The Bertz CT molecular complexity index is 4950. The van der Waals surface area contributed by atoms with Gasteiger partial charge in [-0.2, -0.15) is 0 Å². The minimum Gasteiger partial charge on any atom is -0.451 e. The average Bonchev–Trinajstić information content (AvgIpc) is 1.10. The molecule has 6 amide bonds. The zero-order valence-corrected chi connectivity index (χ0v) is 74.6. The molecule has 0 unspecified atom stereocenters. The molecule has 6 atom stereocenters. The van der Waals surface area contributed by atoms with Gasteiger partial charge in [-0.25, -0.2) is 4.39 Å². The van der Waals surface area contributed by atoms with E-state index in [1.54, 1.807) is 60.7 Å². The molecule has 129 heavy (non-hydrogen) atoms.